The molecule has 2 aromatic heterocycles. The molecule has 0 aliphatic carbocycles. The van der Waals surface area contributed by atoms with Gasteiger partial charge in [-0.05, 0) is 41.4 Å². The molecule has 0 unspecified atom stereocenters. The van der Waals surface area contributed by atoms with E-state index in [0.717, 1.165) is 6.42 Å². The van der Waals surface area contributed by atoms with Gasteiger partial charge in [0, 0.05) is 6.54 Å². The van der Waals surface area contributed by atoms with Gasteiger partial charge in [-0.15, -0.1) is 0 Å². The van der Waals surface area contributed by atoms with Crippen molar-refractivity contribution in [2.75, 3.05) is 11.9 Å². The highest BCUT2D eigenvalue weighted by Gasteiger charge is 2.14. The minimum atomic E-state index is -0.419. The fourth-order valence-corrected chi connectivity index (χ4v) is 1.77. The van der Waals surface area contributed by atoms with E-state index < -0.39 is 5.82 Å². The fourth-order valence-electron chi connectivity index (χ4n) is 1.46. The molecule has 0 spiro atoms. The number of aromatic nitrogens is 2. The van der Waals surface area contributed by atoms with Crippen LogP contribution in [0.25, 0.3) is 11.6 Å². The van der Waals surface area contributed by atoms with Crippen molar-refractivity contribution in [1.29, 1.82) is 0 Å². The average Bonchev–Trinajstić information content (AvgIpc) is 2.77. The van der Waals surface area contributed by atoms with E-state index in [1.54, 1.807) is 19.1 Å². The van der Waals surface area contributed by atoms with E-state index in [1.807, 2.05) is 6.92 Å². The minimum Gasteiger partial charge on any atom is -0.446 e. The number of anilines is 1. The standard InChI is InChI=1S/C12H13BrFN3O/c1-3-6-15-12-10(14)7(2)16-11(17-12)8-4-5-9(13)18-8/h4-5H,3,6H2,1-2H3,(H,15,16,17). The molecule has 0 aromatic carbocycles. The van der Waals surface area contributed by atoms with Crippen molar-refractivity contribution in [3.8, 4) is 11.6 Å². The second-order valence-corrected chi connectivity index (χ2v) is 4.61. The second kappa shape index (κ2) is 5.48. The Morgan fingerprint density at radius 2 is 2.17 bits per heavy atom. The molecule has 4 nitrogen and oxygen atoms in total. The third-order valence-electron chi connectivity index (χ3n) is 2.35. The Kier molecular flexibility index (Phi) is 3.96. The summed E-state index contributed by atoms with van der Waals surface area (Å²) in [6.07, 6.45) is 0.893. The zero-order chi connectivity index (χ0) is 13.1. The molecule has 2 rings (SSSR count). The summed E-state index contributed by atoms with van der Waals surface area (Å²) in [6, 6.07) is 3.48. The minimum absolute atomic E-state index is 0.215. The Morgan fingerprint density at radius 3 is 2.78 bits per heavy atom. The van der Waals surface area contributed by atoms with Gasteiger partial charge in [0.05, 0.1) is 5.69 Å². The molecule has 0 amide bonds. The quantitative estimate of drug-likeness (QED) is 0.933. The lowest BCUT2D eigenvalue weighted by Crippen LogP contribution is -2.08. The molecule has 18 heavy (non-hydrogen) atoms. The summed E-state index contributed by atoms with van der Waals surface area (Å²) >= 11 is 3.21. The molecule has 0 fully saturated rings. The Morgan fingerprint density at radius 1 is 1.39 bits per heavy atom. The first-order valence-electron chi connectivity index (χ1n) is 5.65. The Balaban J connectivity index is 2.40. The lowest BCUT2D eigenvalue weighted by atomic mass is 10.3. The summed E-state index contributed by atoms with van der Waals surface area (Å²) in [5.74, 6) is 0.674. The summed E-state index contributed by atoms with van der Waals surface area (Å²) < 4.78 is 19.8. The highest BCUT2D eigenvalue weighted by molar-refractivity contribution is 9.10. The Labute approximate surface area is 113 Å². The number of nitrogens with one attached hydrogen (secondary N) is 1. The zero-order valence-electron chi connectivity index (χ0n) is 10.1. The number of rotatable bonds is 4. The van der Waals surface area contributed by atoms with E-state index in [9.17, 15) is 4.39 Å². The first kappa shape index (κ1) is 13.0. The van der Waals surface area contributed by atoms with Crippen LogP contribution >= 0.6 is 15.9 Å². The largest absolute Gasteiger partial charge is 0.446 e. The molecule has 0 saturated carbocycles. The van der Waals surface area contributed by atoms with Gasteiger partial charge in [0.25, 0.3) is 0 Å². The predicted molar refractivity (Wildman–Crippen MR) is 70.9 cm³/mol. The van der Waals surface area contributed by atoms with E-state index in [4.69, 9.17) is 4.42 Å². The normalized spacial score (nSPS) is 10.7. The Bertz CT molecular complexity index is 556. The molecule has 0 aliphatic heterocycles. The summed E-state index contributed by atoms with van der Waals surface area (Å²) in [5, 5.41) is 2.94. The maximum absolute atomic E-state index is 13.8. The van der Waals surface area contributed by atoms with Crippen LogP contribution in [0.5, 0.6) is 0 Å². The highest BCUT2D eigenvalue weighted by atomic mass is 79.9. The van der Waals surface area contributed by atoms with Crippen LogP contribution in [0.2, 0.25) is 0 Å². The van der Waals surface area contributed by atoms with E-state index >= 15 is 0 Å². The van der Waals surface area contributed by atoms with Crippen LogP contribution in [-0.4, -0.2) is 16.5 Å². The van der Waals surface area contributed by atoms with Gasteiger partial charge in [-0.2, -0.15) is 0 Å². The van der Waals surface area contributed by atoms with Crippen LogP contribution in [0, 0.1) is 12.7 Å². The molecule has 96 valence electrons. The van der Waals surface area contributed by atoms with Crippen molar-refractivity contribution < 1.29 is 8.81 Å². The van der Waals surface area contributed by atoms with Crippen molar-refractivity contribution in [1.82, 2.24) is 9.97 Å². The van der Waals surface area contributed by atoms with Crippen LogP contribution in [0.4, 0.5) is 10.2 Å². The number of aryl methyl sites for hydroxylation is 1. The van der Waals surface area contributed by atoms with Crippen LogP contribution in [-0.2, 0) is 0 Å². The Hall–Kier alpha value is -1.43. The maximum atomic E-state index is 13.8. The molecule has 0 atom stereocenters. The molecule has 0 radical (unpaired) electrons. The molecular formula is C12H13BrFN3O. The highest BCUT2D eigenvalue weighted by Crippen LogP contribution is 2.25. The van der Waals surface area contributed by atoms with Crippen molar-refractivity contribution >= 4 is 21.7 Å². The molecular weight excluding hydrogens is 301 g/mol. The topological polar surface area (TPSA) is 51.0 Å². The van der Waals surface area contributed by atoms with E-state index in [1.165, 1.54) is 0 Å². The van der Waals surface area contributed by atoms with Gasteiger partial charge < -0.3 is 9.73 Å². The summed E-state index contributed by atoms with van der Waals surface area (Å²) in [5.41, 5.74) is 0.297. The first-order chi connectivity index (χ1) is 8.61. The van der Waals surface area contributed by atoms with Crippen LogP contribution in [0.1, 0.15) is 19.0 Å². The number of nitrogens with zero attached hydrogens (tertiary/aromatic N) is 2. The third-order valence-corrected chi connectivity index (χ3v) is 2.78. The molecule has 0 aliphatic rings. The SMILES string of the molecule is CCCNc1nc(-c2ccc(Br)o2)nc(C)c1F. The molecule has 0 saturated heterocycles. The summed E-state index contributed by atoms with van der Waals surface area (Å²) in [6.45, 7) is 4.27. The number of hydrogen-bond acceptors (Lipinski definition) is 4. The van der Waals surface area contributed by atoms with Crippen molar-refractivity contribution in [3.63, 3.8) is 0 Å². The van der Waals surface area contributed by atoms with Gasteiger partial charge in [-0.25, -0.2) is 14.4 Å². The van der Waals surface area contributed by atoms with E-state index in [-0.39, 0.29) is 5.82 Å². The van der Waals surface area contributed by atoms with Gasteiger partial charge in [-0.3, -0.25) is 0 Å². The van der Waals surface area contributed by atoms with Gasteiger partial charge in [0.15, 0.2) is 27.9 Å². The molecule has 2 aromatic rings. The van der Waals surface area contributed by atoms with Crippen LogP contribution in [0.3, 0.4) is 0 Å². The number of hydrogen-bond donors (Lipinski definition) is 1. The van der Waals surface area contributed by atoms with Crippen molar-refractivity contribution in [2.45, 2.75) is 20.3 Å². The summed E-state index contributed by atoms with van der Waals surface area (Å²) in [7, 11) is 0. The zero-order valence-corrected chi connectivity index (χ0v) is 11.7. The van der Waals surface area contributed by atoms with Gasteiger partial charge >= 0.3 is 0 Å². The van der Waals surface area contributed by atoms with E-state index in [2.05, 4.69) is 31.2 Å². The lowest BCUT2D eigenvalue weighted by molar-refractivity contribution is 0.548. The van der Waals surface area contributed by atoms with Gasteiger partial charge in [0.2, 0.25) is 0 Å². The first-order valence-corrected chi connectivity index (χ1v) is 6.44. The maximum Gasteiger partial charge on any atom is 0.198 e. The monoisotopic (exact) mass is 313 g/mol. The number of halogens is 2. The predicted octanol–water partition coefficient (Wildman–Crippen LogP) is 3.77. The number of furan rings is 1. The fraction of sp³-hybridized carbons (Fsp3) is 0.333. The van der Waals surface area contributed by atoms with Crippen molar-refractivity contribution in [3.05, 3.63) is 28.3 Å². The molecule has 2 heterocycles. The van der Waals surface area contributed by atoms with Crippen LogP contribution < -0.4 is 5.32 Å². The molecule has 1 N–H and O–H groups in total. The smallest absolute Gasteiger partial charge is 0.198 e. The third kappa shape index (κ3) is 2.69. The second-order valence-electron chi connectivity index (χ2n) is 3.83. The van der Waals surface area contributed by atoms with Gasteiger partial charge in [-0.1, -0.05) is 6.92 Å². The van der Waals surface area contributed by atoms with Gasteiger partial charge in [0.1, 0.15) is 0 Å². The lowest BCUT2D eigenvalue weighted by Gasteiger charge is -2.08. The molecule has 6 heteroatoms. The average molecular weight is 314 g/mol. The van der Waals surface area contributed by atoms with Crippen LogP contribution in [0.15, 0.2) is 21.2 Å². The van der Waals surface area contributed by atoms with Crippen molar-refractivity contribution in [2.24, 2.45) is 0 Å². The van der Waals surface area contributed by atoms with E-state index in [0.29, 0.717) is 28.5 Å². The summed E-state index contributed by atoms with van der Waals surface area (Å²) in [4.78, 5) is 8.23. The molecule has 0 bridgehead atoms.